The molecule has 0 aromatic heterocycles. The Morgan fingerprint density at radius 3 is 2.81 bits per heavy atom. The molecule has 21 heavy (non-hydrogen) atoms. The van der Waals surface area contributed by atoms with E-state index in [1.54, 1.807) is 39.1 Å². The summed E-state index contributed by atoms with van der Waals surface area (Å²) in [6, 6.07) is 6.22. The van der Waals surface area contributed by atoms with Gasteiger partial charge in [-0.2, -0.15) is 0 Å². The summed E-state index contributed by atoms with van der Waals surface area (Å²) in [5.41, 5.74) is 1.73. The highest BCUT2D eigenvalue weighted by molar-refractivity contribution is 6.30. The Balaban J connectivity index is 2.51. The van der Waals surface area contributed by atoms with Crippen molar-refractivity contribution in [3.63, 3.8) is 0 Å². The molecule has 1 aromatic rings. The summed E-state index contributed by atoms with van der Waals surface area (Å²) in [7, 11) is 1.61. The topological polar surface area (TPSA) is 58.6 Å². The third kappa shape index (κ3) is 3.03. The van der Waals surface area contributed by atoms with Crippen molar-refractivity contribution in [3.05, 3.63) is 46.1 Å². The zero-order valence-corrected chi connectivity index (χ0v) is 12.9. The van der Waals surface area contributed by atoms with E-state index in [2.05, 4.69) is 5.32 Å². The highest BCUT2D eigenvalue weighted by Crippen LogP contribution is 2.31. The minimum Gasteiger partial charge on any atom is -0.463 e. The van der Waals surface area contributed by atoms with Crippen molar-refractivity contribution in [2.45, 2.75) is 19.9 Å². The van der Waals surface area contributed by atoms with E-state index >= 15 is 0 Å². The van der Waals surface area contributed by atoms with Gasteiger partial charge in [0.05, 0.1) is 18.2 Å². The zero-order chi connectivity index (χ0) is 15.6. The van der Waals surface area contributed by atoms with Crippen LogP contribution in [0.15, 0.2) is 35.5 Å². The first kappa shape index (κ1) is 15.4. The van der Waals surface area contributed by atoms with Gasteiger partial charge in [0.15, 0.2) is 0 Å². The molecule has 0 unspecified atom stereocenters. The maximum Gasteiger partial charge on any atom is 0.338 e. The molecular weight excluding hydrogens is 292 g/mol. The van der Waals surface area contributed by atoms with Crippen LogP contribution >= 0.6 is 11.6 Å². The molecular formula is C15H17ClN2O3. The number of urea groups is 1. The lowest BCUT2D eigenvalue weighted by atomic mass is 9.95. The molecule has 0 bridgehead atoms. The first-order valence-corrected chi connectivity index (χ1v) is 7.01. The van der Waals surface area contributed by atoms with Gasteiger partial charge in [-0.3, -0.25) is 0 Å². The molecule has 0 aliphatic carbocycles. The first-order chi connectivity index (χ1) is 9.95. The molecule has 2 rings (SSSR count). The Morgan fingerprint density at radius 1 is 1.48 bits per heavy atom. The number of ether oxygens (including phenoxy) is 1. The van der Waals surface area contributed by atoms with Crippen LogP contribution in [0.3, 0.4) is 0 Å². The summed E-state index contributed by atoms with van der Waals surface area (Å²) in [5, 5.41) is 3.34. The van der Waals surface area contributed by atoms with Crippen molar-refractivity contribution in [3.8, 4) is 0 Å². The molecule has 2 amide bonds. The fraction of sp³-hybridized carbons (Fsp3) is 0.333. The van der Waals surface area contributed by atoms with Gasteiger partial charge in [0.2, 0.25) is 0 Å². The fourth-order valence-corrected chi connectivity index (χ4v) is 2.44. The number of hydrogen-bond acceptors (Lipinski definition) is 3. The number of amides is 2. The summed E-state index contributed by atoms with van der Waals surface area (Å²) in [4.78, 5) is 25.6. The minimum atomic E-state index is -0.563. The number of carbonyl (C=O) groups excluding carboxylic acids is 2. The van der Waals surface area contributed by atoms with Crippen LogP contribution in [-0.4, -0.2) is 30.6 Å². The molecule has 5 nitrogen and oxygen atoms in total. The van der Waals surface area contributed by atoms with Crippen molar-refractivity contribution in [2.75, 3.05) is 13.7 Å². The van der Waals surface area contributed by atoms with Gasteiger partial charge in [0.1, 0.15) is 0 Å². The molecule has 6 heteroatoms. The predicted molar refractivity (Wildman–Crippen MR) is 79.8 cm³/mol. The van der Waals surface area contributed by atoms with Crippen molar-refractivity contribution < 1.29 is 14.3 Å². The molecule has 0 saturated heterocycles. The van der Waals surface area contributed by atoms with Crippen molar-refractivity contribution in [1.82, 2.24) is 10.2 Å². The highest BCUT2D eigenvalue weighted by atomic mass is 35.5. The predicted octanol–water partition coefficient (Wildman–Crippen LogP) is 2.87. The Morgan fingerprint density at radius 2 is 2.19 bits per heavy atom. The second-order valence-electron chi connectivity index (χ2n) is 4.72. The third-order valence-corrected chi connectivity index (χ3v) is 3.67. The number of nitrogens with zero attached hydrogens (tertiary/aromatic N) is 1. The molecule has 1 heterocycles. The van der Waals surface area contributed by atoms with Gasteiger partial charge in [-0.05, 0) is 31.5 Å². The quantitative estimate of drug-likeness (QED) is 0.874. The summed E-state index contributed by atoms with van der Waals surface area (Å²) < 4.78 is 5.11. The van der Waals surface area contributed by atoms with E-state index in [4.69, 9.17) is 16.3 Å². The summed E-state index contributed by atoms with van der Waals surface area (Å²) >= 11 is 6.00. The van der Waals surface area contributed by atoms with Crippen molar-refractivity contribution in [1.29, 1.82) is 0 Å². The largest absolute Gasteiger partial charge is 0.463 e. The van der Waals surface area contributed by atoms with E-state index in [-0.39, 0.29) is 12.6 Å². The normalized spacial score (nSPS) is 18.6. The number of nitrogens with one attached hydrogen (secondary N) is 1. The molecule has 0 radical (unpaired) electrons. The van der Waals surface area contributed by atoms with Gasteiger partial charge < -0.3 is 15.0 Å². The molecule has 1 atom stereocenters. The Labute approximate surface area is 128 Å². The second-order valence-corrected chi connectivity index (χ2v) is 5.15. The lowest BCUT2D eigenvalue weighted by Crippen LogP contribution is -2.46. The van der Waals surface area contributed by atoms with E-state index < -0.39 is 12.0 Å². The standard InChI is InChI=1S/C15H17ClN2O3/c1-4-21-14(19)12-9(2)18(3)15(20)17-13(12)10-6-5-7-11(16)8-10/h5-8,13H,4H2,1-3H3,(H,17,20)/t13-/m1/s1. The maximum absolute atomic E-state index is 12.2. The maximum atomic E-state index is 12.2. The molecule has 1 aliphatic heterocycles. The monoisotopic (exact) mass is 308 g/mol. The highest BCUT2D eigenvalue weighted by Gasteiger charge is 2.34. The molecule has 1 aliphatic rings. The lowest BCUT2D eigenvalue weighted by molar-refractivity contribution is -0.139. The summed E-state index contributed by atoms with van der Waals surface area (Å²) in [6.45, 7) is 3.74. The average Bonchev–Trinajstić information content (AvgIpc) is 2.44. The fourth-order valence-electron chi connectivity index (χ4n) is 2.24. The van der Waals surface area contributed by atoms with Gasteiger partial charge in [0, 0.05) is 17.8 Å². The Bertz CT molecular complexity index is 613. The van der Waals surface area contributed by atoms with Crippen LogP contribution in [0, 0.1) is 0 Å². The van der Waals surface area contributed by atoms with Crippen LogP contribution in [0.4, 0.5) is 4.79 Å². The van der Waals surface area contributed by atoms with Crippen molar-refractivity contribution >= 4 is 23.6 Å². The van der Waals surface area contributed by atoms with Gasteiger partial charge in [-0.15, -0.1) is 0 Å². The van der Waals surface area contributed by atoms with Crippen LogP contribution < -0.4 is 5.32 Å². The molecule has 1 N–H and O–H groups in total. The van der Waals surface area contributed by atoms with Gasteiger partial charge in [-0.25, -0.2) is 9.59 Å². The second kappa shape index (κ2) is 6.18. The van der Waals surface area contributed by atoms with E-state index in [9.17, 15) is 9.59 Å². The Hall–Kier alpha value is -2.01. The van der Waals surface area contributed by atoms with Gasteiger partial charge in [-0.1, -0.05) is 23.7 Å². The number of esters is 1. The van der Waals surface area contributed by atoms with Crippen LogP contribution in [-0.2, 0) is 9.53 Å². The third-order valence-electron chi connectivity index (χ3n) is 3.43. The number of rotatable bonds is 3. The van der Waals surface area contributed by atoms with E-state index in [1.807, 2.05) is 6.07 Å². The molecule has 0 fully saturated rings. The van der Waals surface area contributed by atoms with Crippen molar-refractivity contribution in [2.24, 2.45) is 0 Å². The zero-order valence-electron chi connectivity index (χ0n) is 12.1. The SMILES string of the molecule is CCOC(=O)C1=C(C)N(C)C(=O)N[C@@H]1c1cccc(Cl)c1. The first-order valence-electron chi connectivity index (χ1n) is 6.63. The lowest BCUT2D eigenvalue weighted by Gasteiger charge is -2.33. The molecule has 0 spiro atoms. The van der Waals surface area contributed by atoms with E-state index in [1.165, 1.54) is 4.90 Å². The number of allylic oxidation sites excluding steroid dienone is 1. The summed E-state index contributed by atoms with van der Waals surface area (Å²) in [5.74, 6) is -0.438. The van der Waals surface area contributed by atoms with Crippen LogP contribution in [0.1, 0.15) is 25.5 Å². The van der Waals surface area contributed by atoms with E-state index in [0.29, 0.717) is 16.3 Å². The average molecular weight is 309 g/mol. The minimum absolute atomic E-state index is 0.273. The van der Waals surface area contributed by atoms with Crippen LogP contribution in [0.5, 0.6) is 0 Å². The van der Waals surface area contributed by atoms with Gasteiger partial charge in [0.25, 0.3) is 0 Å². The van der Waals surface area contributed by atoms with Crippen LogP contribution in [0.25, 0.3) is 0 Å². The Kier molecular flexibility index (Phi) is 4.53. The number of carbonyl (C=O) groups is 2. The molecule has 0 saturated carbocycles. The number of hydrogen-bond donors (Lipinski definition) is 1. The van der Waals surface area contributed by atoms with E-state index in [0.717, 1.165) is 5.56 Å². The smallest absolute Gasteiger partial charge is 0.338 e. The van der Waals surface area contributed by atoms with Crippen LogP contribution in [0.2, 0.25) is 5.02 Å². The number of halogens is 1. The van der Waals surface area contributed by atoms with Gasteiger partial charge >= 0.3 is 12.0 Å². The molecule has 1 aromatic carbocycles. The number of benzene rings is 1. The summed E-state index contributed by atoms with van der Waals surface area (Å²) in [6.07, 6.45) is 0. The molecule has 112 valence electrons.